The fourth-order valence-corrected chi connectivity index (χ4v) is 5.13. The molecule has 1 fully saturated rings. The van der Waals surface area contributed by atoms with E-state index in [0.717, 1.165) is 25.7 Å². The van der Waals surface area contributed by atoms with Crippen molar-refractivity contribution in [1.82, 2.24) is 10.6 Å². The van der Waals surface area contributed by atoms with E-state index >= 15 is 0 Å². The van der Waals surface area contributed by atoms with Crippen LogP contribution in [0.25, 0.3) is 0 Å². The molecule has 2 aromatic carbocycles. The molecule has 2 aromatic rings. The van der Waals surface area contributed by atoms with Crippen LogP contribution in [0.3, 0.4) is 0 Å². The molecule has 0 bridgehead atoms. The van der Waals surface area contributed by atoms with E-state index in [1.807, 2.05) is 19.9 Å². The van der Waals surface area contributed by atoms with Gasteiger partial charge in [-0.2, -0.15) is 0 Å². The maximum absolute atomic E-state index is 13.3. The molecule has 0 unspecified atom stereocenters. The predicted molar refractivity (Wildman–Crippen MR) is 146 cm³/mol. The molecule has 0 aliphatic heterocycles. The highest BCUT2D eigenvalue weighted by Crippen LogP contribution is 2.33. The fourth-order valence-electron chi connectivity index (χ4n) is 5.13. The maximum atomic E-state index is 13.3. The first-order valence-corrected chi connectivity index (χ1v) is 13.3. The average molecular weight is 520 g/mol. The van der Waals surface area contributed by atoms with Crippen molar-refractivity contribution in [3.63, 3.8) is 0 Å². The molecule has 2 aliphatic carbocycles. The summed E-state index contributed by atoms with van der Waals surface area (Å²) in [6.45, 7) is 9.10. The molecule has 202 valence electrons. The molecule has 1 atom stereocenters. The van der Waals surface area contributed by atoms with Gasteiger partial charge in [-0.15, -0.1) is 0 Å². The number of hydrogen-bond acceptors (Lipinski definition) is 6. The average Bonchev–Trinajstić information content (AvgIpc) is 2.85. The van der Waals surface area contributed by atoms with Crippen molar-refractivity contribution in [2.45, 2.75) is 84.0 Å². The summed E-state index contributed by atoms with van der Waals surface area (Å²) in [4.78, 5) is 51.5. The molecule has 0 radical (unpaired) electrons. The molecule has 8 heteroatoms. The molecule has 38 heavy (non-hydrogen) atoms. The van der Waals surface area contributed by atoms with Gasteiger partial charge in [0.2, 0.25) is 5.91 Å². The van der Waals surface area contributed by atoms with Crippen LogP contribution in [0, 0.1) is 5.92 Å². The topological polar surface area (TPSA) is 114 Å². The molecule has 2 aliphatic rings. The number of amides is 2. The van der Waals surface area contributed by atoms with E-state index in [0.29, 0.717) is 27.9 Å². The van der Waals surface area contributed by atoms with E-state index in [1.54, 1.807) is 57.2 Å². The SMILES string of the molecule is CC(C)[C@H](NC(=O)OC(C)(C)C)C(=O)NC1CCC(Nc2cccc3c2C(=O)c2ccccc2C3=O)CC1. The number of nitrogens with one attached hydrogen (secondary N) is 3. The molecular formula is C30H37N3O5. The Morgan fingerprint density at radius 1 is 0.842 bits per heavy atom. The number of ketones is 2. The molecule has 0 aromatic heterocycles. The van der Waals surface area contributed by atoms with Crippen LogP contribution in [0.4, 0.5) is 10.5 Å². The van der Waals surface area contributed by atoms with E-state index in [1.165, 1.54) is 0 Å². The third kappa shape index (κ3) is 6.06. The molecular weight excluding hydrogens is 482 g/mol. The van der Waals surface area contributed by atoms with Crippen molar-refractivity contribution in [3.8, 4) is 0 Å². The van der Waals surface area contributed by atoms with Gasteiger partial charge in [-0.3, -0.25) is 14.4 Å². The molecule has 8 nitrogen and oxygen atoms in total. The van der Waals surface area contributed by atoms with Gasteiger partial charge in [0.05, 0.1) is 5.56 Å². The molecule has 3 N–H and O–H groups in total. The summed E-state index contributed by atoms with van der Waals surface area (Å²) in [7, 11) is 0. The summed E-state index contributed by atoms with van der Waals surface area (Å²) in [6.07, 6.45) is 2.48. The third-order valence-electron chi connectivity index (χ3n) is 7.01. The van der Waals surface area contributed by atoms with Crippen molar-refractivity contribution < 1.29 is 23.9 Å². The molecule has 1 saturated carbocycles. The van der Waals surface area contributed by atoms with Gasteiger partial charge in [0, 0.05) is 34.5 Å². The Kier molecular flexibility index (Phi) is 7.90. The summed E-state index contributed by atoms with van der Waals surface area (Å²) >= 11 is 0. The van der Waals surface area contributed by atoms with Gasteiger partial charge in [-0.25, -0.2) is 4.79 Å². The Balaban J connectivity index is 1.36. The zero-order valence-electron chi connectivity index (χ0n) is 22.7. The summed E-state index contributed by atoms with van der Waals surface area (Å²) < 4.78 is 5.32. The van der Waals surface area contributed by atoms with E-state index in [4.69, 9.17) is 4.74 Å². The molecule has 0 heterocycles. The zero-order valence-corrected chi connectivity index (χ0v) is 22.7. The van der Waals surface area contributed by atoms with Crippen LogP contribution in [0.1, 0.15) is 92.1 Å². The smallest absolute Gasteiger partial charge is 0.408 e. The largest absolute Gasteiger partial charge is 0.444 e. The van der Waals surface area contributed by atoms with Crippen molar-refractivity contribution >= 4 is 29.3 Å². The van der Waals surface area contributed by atoms with Gasteiger partial charge in [-0.1, -0.05) is 50.2 Å². The van der Waals surface area contributed by atoms with Crippen LogP contribution in [-0.4, -0.2) is 47.3 Å². The molecule has 2 amide bonds. The summed E-state index contributed by atoms with van der Waals surface area (Å²) in [6, 6.07) is 11.7. The number of fused-ring (bicyclic) bond motifs is 2. The van der Waals surface area contributed by atoms with Crippen molar-refractivity contribution in [2.75, 3.05) is 5.32 Å². The summed E-state index contributed by atoms with van der Waals surface area (Å²) in [5.41, 5.74) is 1.76. The van der Waals surface area contributed by atoms with Gasteiger partial charge in [-0.05, 0) is 58.4 Å². The number of rotatable bonds is 6. The Hall–Kier alpha value is -3.68. The van der Waals surface area contributed by atoms with Crippen LogP contribution in [-0.2, 0) is 9.53 Å². The normalized spacial score (nSPS) is 19.7. The highest BCUT2D eigenvalue weighted by molar-refractivity contribution is 6.30. The second-order valence-corrected chi connectivity index (χ2v) is 11.5. The molecule has 4 rings (SSSR count). The van der Waals surface area contributed by atoms with E-state index in [-0.39, 0.29) is 35.5 Å². The van der Waals surface area contributed by atoms with Crippen molar-refractivity contribution in [2.24, 2.45) is 5.92 Å². The number of hydrogen-bond donors (Lipinski definition) is 3. The second kappa shape index (κ2) is 11.0. The quantitative estimate of drug-likeness (QED) is 0.429. The number of ether oxygens (including phenoxy) is 1. The van der Waals surface area contributed by atoms with Gasteiger partial charge in [0.1, 0.15) is 11.6 Å². The lowest BCUT2D eigenvalue weighted by molar-refractivity contribution is -0.125. The van der Waals surface area contributed by atoms with Gasteiger partial charge >= 0.3 is 6.09 Å². The Morgan fingerprint density at radius 2 is 1.42 bits per heavy atom. The Labute approximate surface area is 223 Å². The minimum atomic E-state index is -0.692. The number of carbonyl (C=O) groups is 4. The van der Waals surface area contributed by atoms with Gasteiger partial charge in [0.25, 0.3) is 0 Å². The fraction of sp³-hybridized carbons (Fsp3) is 0.467. The Morgan fingerprint density at radius 3 is 2.03 bits per heavy atom. The van der Waals surface area contributed by atoms with Crippen LogP contribution in [0.15, 0.2) is 42.5 Å². The number of anilines is 1. The maximum Gasteiger partial charge on any atom is 0.408 e. The van der Waals surface area contributed by atoms with Crippen LogP contribution < -0.4 is 16.0 Å². The van der Waals surface area contributed by atoms with E-state index in [2.05, 4.69) is 16.0 Å². The first kappa shape index (κ1) is 27.4. The molecule has 0 saturated heterocycles. The van der Waals surface area contributed by atoms with Crippen molar-refractivity contribution in [3.05, 3.63) is 64.7 Å². The predicted octanol–water partition coefficient (Wildman–Crippen LogP) is 4.85. The first-order chi connectivity index (χ1) is 17.9. The van der Waals surface area contributed by atoms with Crippen LogP contribution in [0.5, 0.6) is 0 Å². The van der Waals surface area contributed by atoms with E-state index in [9.17, 15) is 19.2 Å². The lowest BCUT2D eigenvalue weighted by atomic mass is 9.83. The Bertz CT molecular complexity index is 1240. The zero-order chi connectivity index (χ0) is 27.6. The van der Waals surface area contributed by atoms with Gasteiger partial charge in [0.15, 0.2) is 11.6 Å². The van der Waals surface area contributed by atoms with Crippen LogP contribution in [0.2, 0.25) is 0 Å². The highest BCUT2D eigenvalue weighted by atomic mass is 16.6. The summed E-state index contributed by atoms with van der Waals surface area (Å²) in [5.74, 6) is -0.598. The second-order valence-electron chi connectivity index (χ2n) is 11.5. The lowest BCUT2D eigenvalue weighted by Crippen LogP contribution is -2.53. The minimum absolute atomic E-state index is 0.0120. The molecule has 0 spiro atoms. The minimum Gasteiger partial charge on any atom is -0.444 e. The lowest BCUT2D eigenvalue weighted by Gasteiger charge is -2.33. The summed E-state index contributed by atoms with van der Waals surface area (Å²) in [5, 5.41) is 9.29. The van der Waals surface area contributed by atoms with E-state index < -0.39 is 17.7 Å². The monoisotopic (exact) mass is 519 g/mol. The number of alkyl carbamates (subject to hydrolysis) is 1. The van der Waals surface area contributed by atoms with Crippen LogP contribution >= 0.6 is 0 Å². The van der Waals surface area contributed by atoms with Gasteiger partial charge < -0.3 is 20.7 Å². The number of benzene rings is 2. The first-order valence-electron chi connectivity index (χ1n) is 13.3. The highest BCUT2D eigenvalue weighted by Gasteiger charge is 2.33. The number of carbonyl (C=O) groups excluding carboxylic acids is 4. The standard InChI is InChI=1S/C30H37N3O5/c1-17(2)25(33-29(37)38-30(3,4)5)28(36)32-19-15-13-18(14-16-19)31-23-12-8-11-22-24(23)27(35)21-10-7-6-9-20(21)26(22)34/h6-12,17-19,25,31H,13-16H2,1-5H3,(H,32,36)(H,33,37)/t18?,19?,25-/m0/s1. The third-order valence-corrected chi connectivity index (χ3v) is 7.01. The van der Waals surface area contributed by atoms with Crippen molar-refractivity contribution in [1.29, 1.82) is 0 Å².